The first kappa shape index (κ1) is 57.3. The third kappa shape index (κ3) is 145. The van der Waals surface area contributed by atoms with Gasteiger partial charge in [0.15, 0.2) is 0 Å². The number of hydrogen-bond donors (Lipinski definition) is 0. The van der Waals surface area contributed by atoms with Crippen molar-refractivity contribution in [2.24, 2.45) is 0 Å². The van der Waals surface area contributed by atoms with Gasteiger partial charge in [-0.3, -0.25) is 9.59 Å². The van der Waals surface area contributed by atoms with E-state index in [1.807, 2.05) is 0 Å². The molecule has 12 heteroatoms. The molecule has 0 N–H and O–H groups in total. The standard InChI is InChI=1S/C6H8O4.6CO.2Co/c1-9-5(7)3-4-6(8)10-2;6*1-2;;/h3-4H,1-2H3;;;;;;;;/q-2;;;;;;;;+2. The van der Waals surface area contributed by atoms with Crippen molar-refractivity contribution in [1.82, 2.24) is 0 Å². The molecule has 10 nitrogen and oxygen atoms in total. The fourth-order valence-electron chi connectivity index (χ4n) is 0.272. The van der Waals surface area contributed by atoms with Gasteiger partial charge >= 0.3 is 84.6 Å². The quantitative estimate of drug-likeness (QED) is 0.334. The van der Waals surface area contributed by atoms with E-state index in [2.05, 4.69) is 49.4 Å². The number of ether oxygens (including phenoxy) is 2. The molecule has 0 fully saturated rings. The van der Waals surface area contributed by atoms with Crippen LogP contribution in [0.3, 0.4) is 0 Å². The van der Waals surface area contributed by atoms with E-state index in [4.69, 9.17) is 27.9 Å². The molecular weight excluding hydrogens is 422 g/mol. The van der Waals surface area contributed by atoms with Gasteiger partial charge in [0.25, 0.3) is 0 Å². The first-order valence-electron chi connectivity index (χ1n) is 3.77. The van der Waals surface area contributed by atoms with E-state index in [1.54, 1.807) is 0 Å². The third-order valence-electron chi connectivity index (χ3n) is 0.758. The van der Waals surface area contributed by atoms with Crippen LogP contribution in [0.5, 0.6) is 0 Å². The van der Waals surface area contributed by atoms with E-state index in [-0.39, 0.29) is 33.6 Å². The van der Waals surface area contributed by atoms with Crippen LogP contribution in [0.4, 0.5) is 0 Å². The summed E-state index contributed by atoms with van der Waals surface area (Å²) in [7, 11) is 2.45. The second kappa shape index (κ2) is 130. The molecule has 0 aliphatic rings. The topological polar surface area (TPSA) is 172 Å². The van der Waals surface area contributed by atoms with Crippen molar-refractivity contribution >= 4 is 11.9 Å². The summed E-state index contributed by atoms with van der Waals surface area (Å²) in [6, 6.07) is 0. The molecule has 0 aliphatic heterocycles. The predicted molar refractivity (Wildman–Crippen MR) is 56.2 cm³/mol. The van der Waals surface area contributed by atoms with Crippen molar-refractivity contribution in [3.05, 3.63) is 52.7 Å². The van der Waals surface area contributed by atoms with Gasteiger partial charge in [-0.25, -0.2) is 0 Å². The maximum atomic E-state index is 10.3. The van der Waals surface area contributed by atoms with E-state index in [0.29, 0.717) is 0 Å². The van der Waals surface area contributed by atoms with Crippen molar-refractivity contribution < 1.29 is 80.5 Å². The van der Waals surface area contributed by atoms with Gasteiger partial charge in [0.2, 0.25) is 0 Å². The van der Waals surface area contributed by atoms with Crippen molar-refractivity contribution in [2.45, 2.75) is 0 Å². The van der Waals surface area contributed by atoms with Crippen LogP contribution in [0.1, 0.15) is 0 Å². The fraction of sp³-hybridized carbons (Fsp3) is 0.167. The molecule has 0 saturated heterocycles. The van der Waals surface area contributed by atoms with Crippen LogP contribution < -0.4 is 0 Å². The Kier molecular flexibility index (Phi) is 309. The summed E-state index contributed by atoms with van der Waals surface area (Å²) in [5.41, 5.74) is 0. The SMILES string of the molecule is COC(=O)[CH-][CH-]C(=O)OC.[C-]#[O+].[C-]#[O+].[C-]#[O+].[C-]#[O+].[C-]#[O+].[C-]#[O+].[Co+2].[Co]. The van der Waals surface area contributed by atoms with Crippen LogP contribution in [-0.2, 0) is 80.5 Å². The summed E-state index contributed by atoms with van der Waals surface area (Å²) in [5, 5.41) is 0. The Morgan fingerprint density at radius 1 is 0.625 bits per heavy atom. The Hall–Kier alpha value is -1.87. The molecule has 2 radical (unpaired) electrons. The molecule has 0 spiro atoms. The molecule has 0 unspecified atom stereocenters. The average Bonchev–Trinajstić information content (AvgIpc) is 2.69. The van der Waals surface area contributed by atoms with Gasteiger partial charge in [-0.2, -0.15) is 0 Å². The van der Waals surface area contributed by atoms with Crippen molar-refractivity contribution in [2.75, 3.05) is 14.2 Å². The van der Waals surface area contributed by atoms with E-state index >= 15 is 0 Å². The number of carbonyl (C=O) groups excluding carboxylic acids is 2. The number of rotatable bonds is 3. The average molecular weight is 430 g/mol. The Labute approximate surface area is 159 Å². The Morgan fingerprint density at radius 3 is 0.833 bits per heavy atom. The molecule has 0 aromatic heterocycles. The summed E-state index contributed by atoms with van der Waals surface area (Å²) in [5.74, 6) is -1.16. The van der Waals surface area contributed by atoms with Gasteiger partial charge in [0.1, 0.15) is 11.9 Å². The maximum absolute atomic E-state index is 10.3. The van der Waals surface area contributed by atoms with Crippen LogP contribution in [0.2, 0.25) is 0 Å². The first-order valence-corrected chi connectivity index (χ1v) is 3.77. The molecule has 134 valence electrons. The summed E-state index contributed by atoms with van der Waals surface area (Å²) >= 11 is 0. The van der Waals surface area contributed by atoms with Gasteiger partial charge in [-0.1, -0.05) is 0 Å². The molecule has 0 aromatic rings. The minimum absolute atomic E-state index is 0. The number of esters is 2. The van der Waals surface area contributed by atoms with Crippen molar-refractivity contribution in [3.8, 4) is 0 Å². The van der Waals surface area contributed by atoms with Gasteiger partial charge in [0, 0.05) is 16.8 Å². The van der Waals surface area contributed by atoms with Crippen molar-refractivity contribution in [1.29, 1.82) is 0 Å². The van der Waals surface area contributed by atoms with Crippen molar-refractivity contribution in [3.63, 3.8) is 0 Å². The Balaban J connectivity index is -0.0000000196. The molecular formula is C12H8Co2O10. The van der Waals surface area contributed by atoms with Gasteiger partial charge in [-0.05, 0) is 0 Å². The van der Waals surface area contributed by atoms with Crippen LogP contribution in [0.15, 0.2) is 0 Å². The molecule has 0 heterocycles. The largest absolute Gasteiger partial charge is 2.00 e. The van der Waals surface area contributed by atoms with E-state index in [9.17, 15) is 9.59 Å². The normalized spacial score (nSPS) is 3.75. The molecule has 0 bridgehead atoms. The van der Waals surface area contributed by atoms with Crippen LogP contribution in [0.25, 0.3) is 0 Å². The molecule has 0 aliphatic carbocycles. The number of hydrogen-bond acceptors (Lipinski definition) is 4. The fourth-order valence-corrected chi connectivity index (χ4v) is 0.272. The van der Waals surface area contributed by atoms with E-state index in [0.717, 1.165) is 12.8 Å². The predicted octanol–water partition coefficient (Wildman–Crippen LogP) is -0.489. The maximum Gasteiger partial charge on any atom is 2.00 e. The zero-order chi connectivity index (χ0) is 20.0. The summed E-state index contributed by atoms with van der Waals surface area (Å²) in [6.07, 6.45) is 1.98. The van der Waals surface area contributed by atoms with E-state index in [1.165, 1.54) is 14.2 Å². The summed E-state index contributed by atoms with van der Waals surface area (Å²) in [4.78, 5) is 20.6. The summed E-state index contributed by atoms with van der Waals surface area (Å²) < 4.78 is 53.4. The first-order chi connectivity index (χ1) is 10.7. The molecule has 0 rings (SSSR count). The van der Waals surface area contributed by atoms with Crippen LogP contribution in [-0.4, -0.2) is 26.2 Å². The molecule has 0 aromatic carbocycles. The van der Waals surface area contributed by atoms with Gasteiger partial charge < -0.3 is 22.3 Å². The van der Waals surface area contributed by atoms with Gasteiger partial charge in [0.05, 0.1) is 14.2 Å². The second-order valence-electron chi connectivity index (χ2n) is 1.38. The van der Waals surface area contributed by atoms with Crippen LogP contribution >= 0.6 is 0 Å². The van der Waals surface area contributed by atoms with Crippen LogP contribution in [0, 0.1) is 52.7 Å². The molecule has 0 amide bonds. The van der Waals surface area contributed by atoms with E-state index < -0.39 is 11.9 Å². The third-order valence-corrected chi connectivity index (χ3v) is 0.758. The minimum Gasteiger partial charge on any atom is 0 e. The van der Waals surface area contributed by atoms with Gasteiger partial charge in [-0.15, -0.1) is 0 Å². The number of carbonyl (C=O) groups is 2. The summed E-state index contributed by atoms with van der Waals surface area (Å²) in [6.45, 7) is 27.0. The smallest absolute Gasteiger partial charge is 0 e. The molecule has 0 atom stereocenters. The monoisotopic (exact) mass is 430 g/mol. The zero-order valence-electron chi connectivity index (χ0n) is 11.9. The Bertz CT molecular complexity index is 279. The minimum atomic E-state index is -0.578. The Morgan fingerprint density at radius 2 is 0.750 bits per heavy atom. The second-order valence-corrected chi connectivity index (χ2v) is 1.38. The number of methoxy groups -OCH3 is 2. The molecule has 0 saturated carbocycles. The molecule has 24 heavy (non-hydrogen) atoms. The zero-order valence-corrected chi connectivity index (χ0v) is 14.0.